The molecule has 5 rings (SSSR count). The van der Waals surface area contributed by atoms with Gasteiger partial charge in [-0.15, -0.1) is 0 Å². The predicted molar refractivity (Wildman–Crippen MR) is 151 cm³/mol. The second-order valence-electron chi connectivity index (χ2n) is 10.6. The van der Waals surface area contributed by atoms with E-state index in [-0.39, 0.29) is 48.1 Å². The van der Waals surface area contributed by atoms with Crippen molar-refractivity contribution in [1.82, 2.24) is 15.2 Å². The van der Waals surface area contributed by atoms with Crippen molar-refractivity contribution >= 4 is 23.4 Å². The Balaban J connectivity index is 1.19. The van der Waals surface area contributed by atoms with E-state index in [1.54, 1.807) is 36.5 Å². The van der Waals surface area contributed by atoms with Gasteiger partial charge in [0.1, 0.15) is 18.5 Å². The summed E-state index contributed by atoms with van der Waals surface area (Å²) in [6.07, 6.45) is 0.288. The van der Waals surface area contributed by atoms with Gasteiger partial charge in [-0.25, -0.2) is 0 Å². The largest absolute Gasteiger partial charge is 0.490 e. The van der Waals surface area contributed by atoms with Crippen molar-refractivity contribution < 1.29 is 37.0 Å². The minimum Gasteiger partial charge on any atom is -0.490 e. The topological polar surface area (TPSA) is 110 Å². The molecule has 226 valence electrons. The molecule has 3 aromatic rings. The van der Waals surface area contributed by atoms with Crippen LogP contribution in [0.15, 0.2) is 67.0 Å². The molecular weight excluding hydrogens is 565 g/mol. The fourth-order valence-electron chi connectivity index (χ4n) is 5.29. The van der Waals surface area contributed by atoms with Crippen LogP contribution in [0.1, 0.15) is 51.1 Å². The van der Waals surface area contributed by atoms with E-state index in [0.29, 0.717) is 37.2 Å². The van der Waals surface area contributed by atoms with Gasteiger partial charge in [0.15, 0.2) is 0 Å². The number of hydrogen-bond acceptors (Lipinski definition) is 6. The number of pyridine rings is 1. The number of amides is 3. The summed E-state index contributed by atoms with van der Waals surface area (Å²) in [5.41, 5.74) is 0.750. The summed E-state index contributed by atoms with van der Waals surface area (Å²) in [6.45, 7) is 0.652. The van der Waals surface area contributed by atoms with Crippen molar-refractivity contribution in [1.29, 1.82) is 0 Å². The Hall–Kier alpha value is -4.45. The number of anilines is 1. The summed E-state index contributed by atoms with van der Waals surface area (Å²) in [7, 11) is 1.68. The molecule has 9 nitrogen and oxygen atoms in total. The smallest absolute Gasteiger partial charge is 0.416 e. The third-order valence-electron chi connectivity index (χ3n) is 7.62. The van der Waals surface area contributed by atoms with Crippen LogP contribution in [0.2, 0.25) is 0 Å². The molecule has 0 spiro atoms. The third kappa shape index (κ3) is 7.31. The van der Waals surface area contributed by atoms with E-state index in [9.17, 15) is 27.6 Å². The number of likely N-dealkylation sites (N-methyl/N-ethyl adjacent to an activating group) is 1. The van der Waals surface area contributed by atoms with Crippen molar-refractivity contribution in [2.45, 2.75) is 50.1 Å². The number of aromatic nitrogens is 1. The van der Waals surface area contributed by atoms with E-state index in [4.69, 9.17) is 9.47 Å². The summed E-state index contributed by atoms with van der Waals surface area (Å²) in [5, 5.41) is 5.55. The number of nitrogens with zero attached hydrogens (tertiary/aromatic N) is 2. The molecule has 3 amide bonds. The molecule has 3 atom stereocenters. The summed E-state index contributed by atoms with van der Waals surface area (Å²) in [4.78, 5) is 44.4. The average molecular weight is 597 g/mol. The highest BCUT2D eigenvalue weighted by molar-refractivity contribution is 6.05. The first-order valence-electron chi connectivity index (χ1n) is 13.9. The number of benzene rings is 2. The molecule has 2 aliphatic heterocycles. The first kappa shape index (κ1) is 30.0. The minimum absolute atomic E-state index is 0.0402. The monoisotopic (exact) mass is 596 g/mol. The maximum absolute atomic E-state index is 13.5. The average Bonchev–Trinajstić information content (AvgIpc) is 2.99. The first-order chi connectivity index (χ1) is 20.6. The molecule has 0 unspecified atom stereocenters. The zero-order valence-electron chi connectivity index (χ0n) is 23.4. The van der Waals surface area contributed by atoms with Gasteiger partial charge >= 0.3 is 6.18 Å². The van der Waals surface area contributed by atoms with Crippen LogP contribution >= 0.6 is 0 Å². The number of nitrogens with one attached hydrogen (secondary N) is 2. The number of hydrogen-bond donors (Lipinski definition) is 2. The molecule has 43 heavy (non-hydrogen) atoms. The summed E-state index contributed by atoms with van der Waals surface area (Å²) in [5.74, 6) is -0.749. The van der Waals surface area contributed by atoms with Crippen molar-refractivity contribution in [2.24, 2.45) is 0 Å². The van der Waals surface area contributed by atoms with Gasteiger partial charge in [0.25, 0.3) is 11.8 Å². The lowest BCUT2D eigenvalue weighted by molar-refractivity contribution is -0.137. The summed E-state index contributed by atoms with van der Waals surface area (Å²) >= 11 is 0. The van der Waals surface area contributed by atoms with E-state index in [1.165, 1.54) is 6.07 Å². The molecule has 12 heteroatoms. The summed E-state index contributed by atoms with van der Waals surface area (Å²) < 4.78 is 50.8. The van der Waals surface area contributed by atoms with Crippen LogP contribution < -0.4 is 15.4 Å². The van der Waals surface area contributed by atoms with E-state index in [1.807, 2.05) is 12.1 Å². The highest BCUT2D eigenvalue weighted by Gasteiger charge is 2.39. The SMILES string of the molecule is CN1C(=O)c2cc(NC(=O)c3ccc(C(F)(F)F)cc3)ccc2OC[C@@H]2O[C@H](CC(=O)NCCc3cccnc3)CC[C@@H]21. The highest BCUT2D eigenvalue weighted by Crippen LogP contribution is 2.33. The van der Waals surface area contributed by atoms with Gasteiger partial charge in [-0.1, -0.05) is 6.07 Å². The third-order valence-corrected chi connectivity index (χ3v) is 7.62. The summed E-state index contributed by atoms with van der Waals surface area (Å²) in [6, 6.07) is 12.0. The first-order valence-corrected chi connectivity index (χ1v) is 13.9. The zero-order valence-corrected chi connectivity index (χ0v) is 23.4. The Bertz CT molecular complexity index is 1470. The van der Waals surface area contributed by atoms with E-state index < -0.39 is 23.8 Å². The van der Waals surface area contributed by atoms with Crippen molar-refractivity contribution in [3.8, 4) is 5.75 Å². The maximum Gasteiger partial charge on any atom is 0.416 e. The number of carbonyl (C=O) groups excluding carboxylic acids is 3. The van der Waals surface area contributed by atoms with E-state index in [2.05, 4.69) is 15.6 Å². The van der Waals surface area contributed by atoms with Crippen molar-refractivity contribution in [2.75, 3.05) is 25.5 Å². The number of carbonyl (C=O) groups is 3. The van der Waals surface area contributed by atoms with Crippen LogP contribution in [0.4, 0.5) is 18.9 Å². The van der Waals surface area contributed by atoms with Crippen molar-refractivity contribution in [3.63, 3.8) is 0 Å². The Kier molecular flexibility index (Phi) is 8.95. The number of halogens is 3. The molecule has 2 N–H and O–H groups in total. The lowest BCUT2D eigenvalue weighted by Crippen LogP contribution is -2.54. The minimum atomic E-state index is -4.50. The van der Waals surface area contributed by atoms with Crippen LogP contribution in [0.3, 0.4) is 0 Å². The normalized spacial score (nSPS) is 20.1. The Morgan fingerprint density at radius 1 is 1.09 bits per heavy atom. The molecule has 2 aliphatic rings. The number of ether oxygens (including phenoxy) is 2. The van der Waals surface area contributed by atoms with Crippen LogP contribution in [0, 0.1) is 0 Å². The lowest BCUT2D eigenvalue weighted by atomic mass is 9.94. The van der Waals surface area contributed by atoms with Gasteiger partial charge in [0, 0.05) is 37.2 Å². The molecular formula is C31H31F3N4O5. The van der Waals surface area contributed by atoms with Crippen LogP contribution in [0.5, 0.6) is 5.75 Å². The van der Waals surface area contributed by atoms with E-state index in [0.717, 1.165) is 29.8 Å². The fourth-order valence-corrected chi connectivity index (χ4v) is 5.29. The standard InChI is InChI=1S/C31H31F3N4O5/c1-38-25-10-9-23(16-28(39)36-14-12-19-3-2-13-35-17-19)43-27(25)18-42-26-11-8-22(15-24(26)30(38)41)37-29(40)20-4-6-21(7-5-20)31(32,33)34/h2-8,11,13,15,17,23,25,27H,9-10,12,14,16,18H2,1H3,(H,36,39)(H,37,40)/t23-,25-,27-/m0/s1. The molecule has 1 saturated heterocycles. The number of fused-ring (bicyclic) bond motifs is 2. The van der Waals surface area contributed by atoms with Gasteiger partial charge in [0.2, 0.25) is 5.91 Å². The second-order valence-corrected chi connectivity index (χ2v) is 10.6. The quantitative estimate of drug-likeness (QED) is 0.416. The van der Waals surface area contributed by atoms with Gasteiger partial charge in [-0.2, -0.15) is 13.2 Å². The molecule has 0 bridgehead atoms. The van der Waals surface area contributed by atoms with Crippen LogP contribution in [-0.4, -0.2) is 66.1 Å². The van der Waals surface area contributed by atoms with Gasteiger partial charge in [-0.05, 0) is 73.4 Å². The zero-order chi connectivity index (χ0) is 30.6. The Morgan fingerprint density at radius 3 is 2.60 bits per heavy atom. The highest BCUT2D eigenvalue weighted by atomic mass is 19.4. The maximum atomic E-state index is 13.5. The molecule has 0 radical (unpaired) electrons. The molecule has 3 heterocycles. The molecule has 0 saturated carbocycles. The van der Waals surface area contributed by atoms with Gasteiger partial charge < -0.3 is 25.0 Å². The van der Waals surface area contributed by atoms with Crippen LogP contribution in [0.25, 0.3) is 0 Å². The van der Waals surface area contributed by atoms with E-state index >= 15 is 0 Å². The molecule has 1 aromatic heterocycles. The molecule has 0 aliphatic carbocycles. The lowest BCUT2D eigenvalue weighted by Gasteiger charge is -2.42. The Labute approximate surface area is 246 Å². The van der Waals surface area contributed by atoms with Crippen LogP contribution in [-0.2, 0) is 22.1 Å². The van der Waals surface area contributed by atoms with Gasteiger partial charge in [-0.3, -0.25) is 19.4 Å². The number of alkyl halides is 3. The van der Waals surface area contributed by atoms with Gasteiger partial charge in [0.05, 0.1) is 29.7 Å². The fraction of sp³-hybridized carbons (Fsp3) is 0.355. The molecule has 2 aromatic carbocycles. The molecule has 1 fully saturated rings. The van der Waals surface area contributed by atoms with Crippen molar-refractivity contribution in [3.05, 3.63) is 89.2 Å². The predicted octanol–water partition coefficient (Wildman–Crippen LogP) is 4.48. The Morgan fingerprint density at radius 2 is 1.88 bits per heavy atom. The second kappa shape index (κ2) is 12.8. The number of rotatable bonds is 7.